The van der Waals surface area contributed by atoms with E-state index in [1.807, 2.05) is 30.3 Å². The van der Waals surface area contributed by atoms with Gasteiger partial charge in [-0.1, -0.05) is 40.3 Å². The second kappa shape index (κ2) is 5.61. The normalized spacial score (nSPS) is 22.1. The number of nitrogens with zero attached hydrogens (tertiary/aromatic N) is 1. The van der Waals surface area contributed by atoms with E-state index in [0.29, 0.717) is 0 Å². The second-order valence-corrected chi connectivity index (χ2v) is 5.70. The van der Waals surface area contributed by atoms with Crippen LogP contribution in [0.1, 0.15) is 11.5 Å². The molecule has 20 heavy (non-hydrogen) atoms. The van der Waals surface area contributed by atoms with E-state index < -0.39 is 17.7 Å². The zero-order chi connectivity index (χ0) is 14.9. The minimum absolute atomic E-state index is 0.167. The predicted molar refractivity (Wildman–Crippen MR) is 82.1 cm³/mol. The molecule has 0 aliphatic carbocycles. The Kier molecular flexibility index (Phi) is 4.06. The number of allylic oxidation sites excluding steroid dienone is 1. The maximum Gasteiger partial charge on any atom is 0.228 e. The van der Waals surface area contributed by atoms with Crippen molar-refractivity contribution >= 4 is 39.0 Å². The van der Waals surface area contributed by atoms with Crippen LogP contribution in [0.25, 0.3) is 0 Å². The lowest BCUT2D eigenvalue weighted by atomic mass is 9.78. The van der Waals surface area contributed by atoms with Crippen LogP contribution in [-0.4, -0.2) is 10.9 Å². The number of nitrogens with one attached hydrogen (secondary N) is 1. The fourth-order valence-electron chi connectivity index (χ4n) is 2.25. The molecule has 7 heteroatoms. The van der Waals surface area contributed by atoms with Crippen molar-refractivity contribution in [3.63, 3.8) is 0 Å². The monoisotopic (exact) mass is 350 g/mol. The van der Waals surface area contributed by atoms with Crippen molar-refractivity contribution in [3.05, 3.63) is 45.7 Å². The highest BCUT2D eigenvalue weighted by Crippen LogP contribution is 2.36. The quantitative estimate of drug-likeness (QED) is 0.696. The zero-order valence-corrected chi connectivity index (χ0v) is 12.7. The number of benzene rings is 1. The molecule has 5 N–H and O–H groups in total. The Morgan fingerprint density at radius 1 is 1.50 bits per heavy atom. The fraction of sp³-hybridized carbons (Fsp3) is 0.154. The van der Waals surface area contributed by atoms with Crippen LogP contribution in [0.15, 0.2) is 40.1 Å². The SMILES string of the molecule is N#CC1=C(N)NC(=S)[C@H](C(N)=O)[C@H]1c1cccc(Br)c1. The molecule has 1 heterocycles. The molecule has 2 rings (SSSR count). The predicted octanol–water partition coefficient (Wildman–Crippen LogP) is 1.26. The molecule has 0 fully saturated rings. The van der Waals surface area contributed by atoms with E-state index in [2.05, 4.69) is 21.2 Å². The van der Waals surface area contributed by atoms with E-state index >= 15 is 0 Å². The number of halogens is 1. The van der Waals surface area contributed by atoms with Gasteiger partial charge in [0.25, 0.3) is 0 Å². The molecule has 1 amide bonds. The van der Waals surface area contributed by atoms with Crippen molar-refractivity contribution in [2.45, 2.75) is 5.92 Å². The first kappa shape index (κ1) is 14.5. The van der Waals surface area contributed by atoms with Crippen molar-refractivity contribution in [3.8, 4) is 6.07 Å². The van der Waals surface area contributed by atoms with Crippen LogP contribution < -0.4 is 16.8 Å². The summed E-state index contributed by atoms with van der Waals surface area (Å²) in [5, 5.41) is 12.0. The number of carbonyl (C=O) groups excluding carboxylic acids is 1. The molecule has 1 aromatic carbocycles. The Balaban J connectivity index is 2.64. The lowest BCUT2D eigenvalue weighted by Gasteiger charge is -2.31. The summed E-state index contributed by atoms with van der Waals surface area (Å²) in [6, 6.07) is 9.33. The summed E-state index contributed by atoms with van der Waals surface area (Å²) in [5.41, 5.74) is 12.3. The van der Waals surface area contributed by atoms with E-state index in [0.717, 1.165) is 10.0 Å². The van der Waals surface area contributed by atoms with Crippen molar-refractivity contribution in [2.24, 2.45) is 17.4 Å². The molecule has 2 atom stereocenters. The van der Waals surface area contributed by atoms with Gasteiger partial charge in [0.1, 0.15) is 11.7 Å². The molecule has 1 aliphatic heterocycles. The van der Waals surface area contributed by atoms with Gasteiger partial charge in [-0.3, -0.25) is 4.79 Å². The number of nitrogens with two attached hydrogens (primary N) is 2. The highest BCUT2D eigenvalue weighted by Gasteiger charge is 2.39. The maximum atomic E-state index is 11.7. The van der Waals surface area contributed by atoms with E-state index in [1.165, 1.54) is 0 Å². The van der Waals surface area contributed by atoms with Crippen molar-refractivity contribution in [2.75, 3.05) is 0 Å². The van der Waals surface area contributed by atoms with Gasteiger partial charge in [-0.05, 0) is 17.7 Å². The van der Waals surface area contributed by atoms with Gasteiger partial charge in [0.05, 0.1) is 16.6 Å². The average Bonchev–Trinajstić information content (AvgIpc) is 2.37. The number of primary amides is 1. The minimum atomic E-state index is -0.791. The lowest BCUT2D eigenvalue weighted by molar-refractivity contribution is -0.120. The summed E-state index contributed by atoms with van der Waals surface area (Å²) in [7, 11) is 0. The van der Waals surface area contributed by atoms with Crippen molar-refractivity contribution < 1.29 is 4.79 Å². The smallest absolute Gasteiger partial charge is 0.228 e. The van der Waals surface area contributed by atoms with Gasteiger partial charge in [0.2, 0.25) is 5.91 Å². The van der Waals surface area contributed by atoms with E-state index in [1.54, 1.807) is 0 Å². The number of hydrogen-bond acceptors (Lipinski definition) is 4. The lowest BCUT2D eigenvalue weighted by Crippen LogP contribution is -2.47. The van der Waals surface area contributed by atoms with Gasteiger partial charge in [-0.15, -0.1) is 0 Å². The molecule has 0 spiro atoms. The van der Waals surface area contributed by atoms with Gasteiger partial charge in [-0.25, -0.2) is 0 Å². The zero-order valence-electron chi connectivity index (χ0n) is 10.3. The fourth-order valence-corrected chi connectivity index (χ4v) is 3.02. The molecule has 1 aromatic rings. The summed E-state index contributed by atoms with van der Waals surface area (Å²) >= 11 is 8.51. The van der Waals surface area contributed by atoms with Crippen LogP contribution in [0.4, 0.5) is 0 Å². The summed E-state index contributed by atoms with van der Waals surface area (Å²) < 4.78 is 0.832. The first-order valence-electron chi connectivity index (χ1n) is 5.71. The molecule has 0 unspecified atom stereocenters. The summed E-state index contributed by atoms with van der Waals surface area (Å²) in [6.07, 6.45) is 0. The summed E-state index contributed by atoms with van der Waals surface area (Å²) in [5.74, 6) is -1.78. The van der Waals surface area contributed by atoms with E-state index in [9.17, 15) is 10.1 Å². The van der Waals surface area contributed by atoms with Crippen LogP contribution in [-0.2, 0) is 4.79 Å². The third-order valence-electron chi connectivity index (χ3n) is 3.11. The van der Waals surface area contributed by atoms with Crippen molar-refractivity contribution in [1.29, 1.82) is 5.26 Å². The molecular weight excluding hydrogens is 340 g/mol. The molecule has 0 bridgehead atoms. The van der Waals surface area contributed by atoms with Crippen LogP contribution in [0.3, 0.4) is 0 Å². The highest BCUT2D eigenvalue weighted by atomic mass is 79.9. The molecule has 5 nitrogen and oxygen atoms in total. The summed E-state index contributed by atoms with van der Waals surface area (Å²) in [4.78, 5) is 11.9. The maximum absolute atomic E-state index is 11.7. The number of amides is 1. The first-order chi connectivity index (χ1) is 9.45. The molecule has 0 saturated carbocycles. The topological polar surface area (TPSA) is 105 Å². The van der Waals surface area contributed by atoms with Gasteiger partial charge in [0, 0.05) is 10.4 Å². The molecule has 1 aliphatic rings. The van der Waals surface area contributed by atoms with Gasteiger partial charge in [0.15, 0.2) is 0 Å². The third kappa shape index (κ3) is 2.53. The van der Waals surface area contributed by atoms with Crippen LogP contribution in [0.2, 0.25) is 0 Å². The van der Waals surface area contributed by atoms with Crippen LogP contribution in [0, 0.1) is 17.2 Å². The largest absolute Gasteiger partial charge is 0.384 e. The Bertz CT molecular complexity index is 665. The second-order valence-electron chi connectivity index (χ2n) is 4.34. The van der Waals surface area contributed by atoms with Gasteiger partial charge < -0.3 is 16.8 Å². The first-order valence-corrected chi connectivity index (χ1v) is 6.91. The number of hydrogen-bond donors (Lipinski definition) is 3. The molecule has 102 valence electrons. The number of nitriles is 1. The Morgan fingerprint density at radius 3 is 2.75 bits per heavy atom. The van der Waals surface area contributed by atoms with Crippen molar-refractivity contribution in [1.82, 2.24) is 5.32 Å². The number of carbonyl (C=O) groups is 1. The Morgan fingerprint density at radius 2 is 2.20 bits per heavy atom. The van der Waals surface area contributed by atoms with Gasteiger partial charge in [-0.2, -0.15) is 5.26 Å². The standard InChI is InChI=1S/C13H11BrN4OS/c14-7-3-1-2-6(4-7)9-8(5-15)11(16)18-13(20)10(9)12(17)19/h1-4,9-10H,16H2,(H2,17,19)(H,18,20)/t9-,10-/m0/s1. The van der Waals surface area contributed by atoms with E-state index in [4.69, 9.17) is 23.7 Å². The molecule has 0 radical (unpaired) electrons. The van der Waals surface area contributed by atoms with Gasteiger partial charge >= 0.3 is 0 Å². The molecule has 0 saturated heterocycles. The average molecular weight is 351 g/mol. The Labute approximate surface area is 129 Å². The minimum Gasteiger partial charge on any atom is -0.384 e. The van der Waals surface area contributed by atoms with E-state index in [-0.39, 0.29) is 16.4 Å². The highest BCUT2D eigenvalue weighted by molar-refractivity contribution is 9.10. The summed E-state index contributed by atoms with van der Waals surface area (Å²) in [6.45, 7) is 0. The van der Waals surface area contributed by atoms with Crippen LogP contribution >= 0.6 is 28.1 Å². The molecular formula is C13H11BrN4OS. The molecule has 0 aromatic heterocycles. The Hall–Kier alpha value is -1.91. The van der Waals surface area contributed by atoms with Crippen LogP contribution in [0.5, 0.6) is 0 Å². The number of rotatable bonds is 2. The third-order valence-corrected chi connectivity index (χ3v) is 3.96. The number of thiocarbonyl (C=S) groups is 1.